The summed E-state index contributed by atoms with van der Waals surface area (Å²) in [6.07, 6.45) is 7.14. The molecule has 8 bridgehead atoms. The predicted octanol–water partition coefficient (Wildman–Crippen LogP) is 12.5. The minimum atomic E-state index is 0.291. The minimum absolute atomic E-state index is 0.291. The molecule has 0 unspecified atom stereocenters. The van der Waals surface area contributed by atoms with Crippen molar-refractivity contribution in [3.63, 3.8) is 0 Å². The van der Waals surface area contributed by atoms with Gasteiger partial charge in [-0.15, -0.1) is 0 Å². The van der Waals surface area contributed by atoms with E-state index in [0.717, 1.165) is 84.9 Å². The molecular formula is C48H36N4O4S4. The van der Waals surface area contributed by atoms with E-state index < -0.39 is 0 Å². The molecule has 8 aromatic rings. The molecule has 0 N–H and O–H groups in total. The molecule has 0 spiro atoms. The van der Waals surface area contributed by atoms with Crippen LogP contribution in [-0.4, -0.2) is 19.9 Å². The highest BCUT2D eigenvalue weighted by Crippen LogP contribution is 2.53. The van der Waals surface area contributed by atoms with Gasteiger partial charge in [0.2, 0.25) is 0 Å². The van der Waals surface area contributed by atoms with Crippen LogP contribution in [0.15, 0.2) is 210 Å². The van der Waals surface area contributed by atoms with E-state index >= 15 is 0 Å². The van der Waals surface area contributed by atoms with Gasteiger partial charge in [-0.1, -0.05) is 95.6 Å². The quantitative estimate of drug-likeness (QED) is 0.117. The predicted molar refractivity (Wildman–Crippen MR) is 237 cm³/mol. The average Bonchev–Trinajstić information content (AvgIpc) is 3.29. The number of ether oxygens (including phenoxy) is 4. The second kappa shape index (κ2) is 19.4. The van der Waals surface area contributed by atoms with Gasteiger partial charge >= 0.3 is 0 Å². The van der Waals surface area contributed by atoms with E-state index in [4.69, 9.17) is 18.9 Å². The Hall–Kier alpha value is -5.92. The van der Waals surface area contributed by atoms with Gasteiger partial charge in [-0.25, -0.2) is 0 Å². The summed E-state index contributed by atoms with van der Waals surface area (Å²) in [5.74, 6) is 2.96. The topological polar surface area (TPSA) is 88.5 Å². The number of hydrogen-bond donors (Lipinski definition) is 0. The highest BCUT2D eigenvalue weighted by molar-refractivity contribution is 8.01. The molecule has 0 radical (unpaired) electrons. The normalized spacial score (nSPS) is 12.0. The molecule has 9 rings (SSSR count). The summed E-state index contributed by atoms with van der Waals surface area (Å²) >= 11 is 6.39. The smallest absolute Gasteiger partial charge is 0.147 e. The summed E-state index contributed by atoms with van der Waals surface area (Å²) in [4.78, 5) is 25.6. The van der Waals surface area contributed by atoms with Gasteiger partial charge in [0.25, 0.3) is 0 Å². The Bertz CT molecular complexity index is 2230. The van der Waals surface area contributed by atoms with Crippen LogP contribution in [0.1, 0.15) is 22.8 Å². The maximum Gasteiger partial charge on any atom is 0.147 e. The lowest BCUT2D eigenvalue weighted by molar-refractivity contribution is 0.283. The summed E-state index contributed by atoms with van der Waals surface area (Å²) in [5.41, 5.74) is 3.31. The maximum absolute atomic E-state index is 6.76. The number of nitrogens with zero attached hydrogens (tertiary/aromatic N) is 4. The van der Waals surface area contributed by atoms with E-state index in [1.165, 1.54) is 0 Å². The van der Waals surface area contributed by atoms with Crippen LogP contribution in [0.2, 0.25) is 0 Å². The molecule has 4 aromatic heterocycles. The standard InChI is InChI=1S/C48H36N4O4S4/c1-5-25-49-33(13-1)29-53-45-37-17-9-18-38(45)58-40-20-11-22-42(47(40)55-31-35-15-3-7-27-51-35)60-44-24-12-23-43(48(44)56-32-36-16-4-8-28-52-36)59-41-21-10-19-39(57-37)46(41)54-30-34-14-2-6-26-50-34/h1-28H,29-32H2. The Morgan fingerprint density at radius 3 is 0.667 bits per heavy atom. The molecule has 0 saturated carbocycles. The first-order valence-electron chi connectivity index (χ1n) is 19.1. The lowest BCUT2D eigenvalue weighted by atomic mass is 10.3. The van der Waals surface area contributed by atoms with Crippen molar-refractivity contribution in [2.75, 3.05) is 0 Å². The van der Waals surface area contributed by atoms with Gasteiger partial charge in [0.15, 0.2) is 0 Å². The van der Waals surface area contributed by atoms with Crippen molar-refractivity contribution < 1.29 is 18.9 Å². The Kier molecular flexibility index (Phi) is 12.8. The SMILES string of the molecule is c1ccc(COc2c3cccc2Sc2cccc(c2OCc2ccccn2)Sc2cccc(c2OCc2ccccn2)Sc2cccc(c2OCc2ccccn2)S3)nc1. The molecule has 1 aliphatic rings. The molecule has 0 amide bonds. The van der Waals surface area contributed by atoms with Crippen LogP contribution in [0.5, 0.6) is 23.0 Å². The van der Waals surface area contributed by atoms with Crippen LogP contribution in [0, 0.1) is 0 Å². The van der Waals surface area contributed by atoms with Gasteiger partial charge in [-0.05, 0) is 97.1 Å². The van der Waals surface area contributed by atoms with Gasteiger partial charge in [0.1, 0.15) is 49.4 Å². The molecule has 296 valence electrons. The van der Waals surface area contributed by atoms with Crippen LogP contribution in [-0.2, 0) is 26.4 Å². The number of pyridine rings is 4. The van der Waals surface area contributed by atoms with Crippen LogP contribution in [0.4, 0.5) is 0 Å². The number of benzene rings is 4. The van der Waals surface area contributed by atoms with Crippen molar-refractivity contribution in [2.24, 2.45) is 0 Å². The van der Waals surface area contributed by atoms with E-state index in [1.807, 2.05) is 72.8 Å². The molecule has 4 aromatic carbocycles. The molecule has 0 aliphatic carbocycles. The Morgan fingerprint density at radius 1 is 0.267 bits per heavy atom. The third-order valence-electron chi connectivity index (χ3n) is 9.01. The van der Waals surface area contributed by atoms with E-state index in [-0.39, 0.29) is 0 Å². The summed E-state index contributed by atoms with van der Waals surface area (Å²) in [5, 5.41) is 0. The fourth-order valence-corrected chi connectivity index (χ4v) is 10.7. The van der Waals surface area contributed by atoms with E-state index in [2.05, 4.69) is 92.7 Å². The average molecular weight is 861 g/mol. The third-order valence-corrected chi connectivity index (χ3v) is 13.3. The van der Waals surface area contributed by atoms with Crippen molar-refractivity contribution in [3.8, 4) is 23.0 Å². The molecule has 0 saturated heterocycles. The zero-order chi connectivity index (χ0) is 40.4. The maximum atomic E-state index is 6.76. The molecule has 60 heavy (non-hydrogen) atoms. The zero-order valence-corrected chi connectivity index (χ0v) is 35.3. The summed E-state index contributed by atoms with van der Waals surface area (Å²) < 4.78 is 27.0. The first-order valence-corrected chi connectivity index (χ1v) is 22.3. The van der Waals surface area contributed by atoms with Gasteiger partial charge < -0.3 is 18.9 Å². The van der Waals surface area contributed by atoms with E-state index in [1.54, 1.807) is 71.8 Å². The summed E-state index contributed by atoms with van der Waals surface area (Å²) in [7, 11) is 0. The summed E-state index contributed by atoms with van der Waals surface area (Å²) in [6.45, 7) is 1.17. The number of hydrogen-bond acceptors (Lipinski definition) is 12. The van der Waals surface area contributed by atoms with Crippen LogP contribution >= 0.6 is 47.0 Å². The second-order valence-corrected chi connectivity index (χ2v) is 17.5. The van der Waals surface area contributed by atoms with Crippen LogP contribution < -0.4 is 18.9 Å². The number of fused-ring (bicyclic) bond motifs is 8. The molecule has 5 heterocycles. The summed E-state index contributed by atoms with van der Waals surface area (Å²) in [6, 6.07) is 48.4. The number of para-hydroxylation sites is 4. The zero-order valence-electron chi connectivity index (χ0n) is 32.0. The molecular weight excluding hydrogens is 825 g/mol. The molecule has 1 aliphatic heterocycles. The fraction of sp³-hybridized carbons (Fsp3) is 0.0833. The van der Waals surface area contributed by atoms with Crippen molar-refractivity contribution >= 4 is 47.0 Å². The van der Waals surface area contributed by atoms with Crippen molar-refractivity contribution in [3.05, 3.63) is 193 Å². The lowest BCUT2D eigenvalue weighted by Crippen LogP contribution is -2.03. The largest absolute Gasteiger partial charge is 0.485 e. The number of aromatic nitrogens is 4. The first-order chi connectivity index (χ1) is 29.7. The Labute approximate surface area is 365 Å². The molecule has 8 nitrogen and oxygen atoms in total. The monoisotopic (exact) mass is 860 g/mol. The highest BCUT2D eigenvalue weighted by Gasteiger charge is 2.24. The van der Waals surface area contributed by atoms with Crippen molar-refractivity contribution in [1.82, 2.24) is 19.9 Å². The highest BCUT2D eigenvalue weighted by atomic mass is 32.2. The molecule has 12 heteroatoms. The van der Waals surface area contributed by atoms with Gasteiger partial charge in [-0.3, -0.25) is 19.9 Å². The van der Waals surface area contributed by atoms with E-state index in [9.17, 15) is 0 Å². The first kappa shape index (κ1) is 39.5. The van der Waals surface area contributed by atoms with Gasteiger partial charge in [0, 0.05) is 24.8 Å². The van der Waals surface area contributed by atoms with Crippen molar-refractivity contribution in [2.45, 2.75) is 65.6 Å². The second-order valence-electron chi connectivity index (χ2n) is 13.2. The Balaban J connectivity index is 1.20. The molecule has 0 fully saturated rings. The Morgan fingerprint density at radius 2 is 0.483 bits per heavy atom. The van der Waals surface area contributed by atoms with E-state index in [0.29, 0.717) is 26.4 Å². The third kappa shape index (κ3) is 9.75. The molecule has 0 atom stereocenters. The lowest BCUT2D eigenvalue weighted by Gasteiger charge is -2.21. The van der Waals surface area contributed by atoms with Crippen LogP contribution in [0.3, 0.4) is 0 Å². The van der Waals surface area contributed by atoms with Crippen molar-refractivity contribution in [1.29, 1.82) is 0 Å². The van der Waals surface area contributed by atoms with Gasteiger partial charge in [0.05, 0.1) is 61.9 Å². The van der Waals surface area contributed by atoms with Crippen LogP contribution in [0.25, 0.3) is 0 Å². The number of rotatable bonds is 12. The van der Waals surface area contributed by atoms with Gasteiger partial charge in [-0.2, -0.15) is 0 Å². The fourth-order valence-electron chi connectivity index (χ4n) is 6.19. The minimum Gasteiger partial charge on any atom is -0.485 e.